The summed E-state index contributed by atoms with van der Waals surface area (Å²) in [7, 11) is 3.36. The van der Waals surface area contributed by atoms with Crippen molar-refractivity contribution in [2.45, 2.75) is 12.2 Å². The number of hydrogen-bond acceptors (Lipinski definition) is 5. The van der Waals surface area contributed by atoms with Gasteiger partial charge in [0, 0.05) is 43.9 Å². The molecule has 0 radical (unpaired) electrons. The third-order valence-electron chi connectivity index (χ3n) is 4.97. The fourth-order valence-corrected chi connectivity index (χ4v) is 3.44. The molecule has 5 heteroatoms. The highest BCUT2D eigenvalue weighted by atomic mass is 16.5. The zero-order chi connectivity index (χ0) is 20.8. The first kappa shape index (κ1) is 19.9. The van der Waals surface area contributed by atoms with E-state index < -0.39 is 0 Å². The second-order valence-corrected chi connectivity index (χ2v) is 6.84. The minimum absolute atomic E-state index is 0.193. The Morgan fingerprint density at radius 1 is 0.567 bits per heavy atom. The van der Waals surface area contributed by atoms with Gasteiger partial charge in [0.05, 0.1) is 17.1 Å². The van der Waals surface area contributed by atoms with Gasteiger partial charge in [0.2, 0.25) is 0 Å². The van der Waals surface area contributed by atoms with Crippen LogP contribution in [-0.4, -0.2) is 29.2 Å². The molecule has 150 valence electrons. The molecule has 0 amide bonds. The number of methoxy groups -OCH3 is 2. The van der Waals surface area contributed by atoms with Crippen LogP contribution in [0.4, 0.5) is 0 Å². The Morgan fingerprint density at radius 2 is 1.13 bits per heavy atom. The average molecular weight is 397 g/mol. The van der Waals surface area contributed by atoms with Crippen molar-refractivity contribution in [2.24, 2.45) is 0 Å². The fraction of sp³-hybridized carbons (Fsp3) is 0.160. The molecule has 3 heterocycles. The maximum Gasteiger partial charge on any atom is 0.141 e. The Hall–Kier alpha value is -3.41. The summed E-state index contributed by atoms with van der Waals surface area (Å²) >= 11 is 0. The number of hydrogen-bond donors (Lipinski definition) is 0. The smallest absolute Gasteiger partial charge is 0.141 e. The predicted octanol–water partition coefficient (Wildman–Crippen LogP) is 5.01. The maximum absolute atomic E-state index is 5.67. The van der Waals surface area contributed by atoms with E-state index in [-0.39, 0.29) is 12.2 Å². The lowest BCUT2D eigenvalue weighted by molar-refractivity contribution is 0.129. The van der Waals surface area contributed by atoms with Crippen molar-refractivity contribution in [1.29, 1.82) is 0 Å². The Morgan fingerprint density at radius 3 is 1.63 bits per heavy atom. The minimum atomic E-state index is -0.297. The van der Waals surface area contributed by atoms with Crippen LogP contribution in [0.1, 0.15) is 34.9 Å². The van der Waals surface area contributed by atoms with Crippen molar-refractivity contribution in [3.05, 3.63) is 114 Å². The van der Waals surface area contributed by atoms with Gasteiger partial charge >= 0.3 is 0 Å². The van der Waals surface area contributed by atoms with Crippen LogP contribution >= 0.6 is 0 Å². The number of pyridine rings is 3. The molecular weight excluding hydrogens is 374 g/mol. The van der Waals surface area contributed by atoms with Crippen LogP contribution in [0.25, 0.3) is 11.1 Å². The molecule has 0 fully saturated rings. The summed E-state index contributed by atoms with van der Waals surface area (Å²) in [4.78, 5) is 13.6. The number of ether oxygens (including phenoxy) is 2. The average Bonchev–Trinajstić information content (AvgIpc) is 2.82. The summed E-state index contributed by atoms with van der Waals surface area (Å²) in [5.74, 6) is 0. The van der Waals surface area contributed by atoms with E-state index in [0.29, 0.717) is 0 Å². The van der Waals surface area contributed by atoms with Crippen molar-refractivity contribution < 1.29 is 9.47 Å². The first-order chi connectivity index (χ1) is 14.8. The van der Waals surface area contributed by atoms with Crippen LogP contribution in [0.3, 0.4) is 0 Å². The maximum atomic E-state index is 5.67. The van der Waals surface area contributed by atoms with Crippen LogP contribution < -0.4 is 0 Å². The Labute approximate surface area is 176 Å². The number of aromatic nitrogens is 3. The van der Waals surface area contributed by atoms with Crippen molar-refractivity contribution in [3.63, 3.8) is 0 Å². The summed E-state index contributed by atoms with van der Waals surface area (Å²) in [5.41, 5.74) is 5.57. The normalized spacial score (nSPS) is 13.0. The molecule has 2 atom stereocenters. The lowest BCUT2D eigenvalue weighted by Gasteiger charge is -2.16. The minimum Gasteiger partial charge on any atom is -0.370 e. The molecule has 0 saturated carbocycles. The van der Waals surface area contributed by atoms with E-state index >= 15 is 0 Å². The third kappa shape index (κ3) is 4.27. The molecular formula is C25H23N3O2. The molecule has 4 aromatic rings. The van der Waals surface area contributed by atoms with E-state index in [2.05, 4.69) is 15.0 Å². The van der Waals surface area contributed by atoms with E-state index in [0.717, 1.165) is 33.8 Å². The molecule has 5 nitrogen and oxygen atoms in total. The highest BCUT2D eigenvalue weighted by molar-refractivity contribution is 5.61. The molecule has 0 aliphatic rings. The standard InChI is InChI=1S/C25H23N3O2/c1-29-24(18-8-4-3-5-9-18)22-13-11-19(16-27-22)20-12-14-23(28-17-20)25(30-2)21-10-6-7-15-26-21/h3-17,24-25H,1-2H3. The fourth-order valence-electron chi connectivity index (χ4n) is 3.44. The van der Waals surface area contributed by atoms with Gasteiger partial charge in [0.1, 0.15) is 12.2 Å². The lowest BCUT2D eigenvalue weighted by atomic mass is 10.0. The monoisotopic (exact) mass is 397 g/mol. The molecule has 2 unspecified atom stereocenters. The predicted molar refractivity (Wildman–Crippen MR) is 116 cm³/mol. The summed E-state index contributed by atoms with van der Waals surface area (Å²) in [6, 6.07) is 23.9. The van der Waals surface area contributed by atoms with Crippen molar-refractivity contribution in [1.82, 2.24) is 15.0 Å². The molecule has 0 aliphatic carbocycles. The first-order valence-electron chi connectivity index (χ1n) is 9.74. The van der Waals surface area contributed by atoms with Gasteiger partial charge in [-0.2, -0.15) is 0 Å². The molecule has 30 heavy (non-hydrogen) atoms. The molecule has 0 saturated heterocycles. The second kappa shape index (κ2) is 9.39. The topological polar surface area (TPSA) is 57.1 Å². The molecule has 0 spiro atoms. The Balaban J connectivity index is 1.55. The van der Waals surface area contributed by atoms with E-state index in [1.54, 1.807) is 20.4 Å². The summed E-state index contributed by atoms with van der Waals surface area (Å²) in [6.07, 6.45) is 4.96. The first-order valence-corrected chi connectivity index (χ1v) is 9.74. The quantitative estimate of drug-likeness (QED) is 0.439. The largest absolute Gasteiger partial charge is 0.370 e. The Kier molecular flexibility index (Phi) is 6.23. The van der Waals surface area contributed by atoms with Crippen molar-refractivity contribution in [3.8, 4) is 11.1 Å². The SMILES string of the molecule is COC(c1ccccc1)c1ccc(-c2ccc(C(OC)c3ccccn3)nc2)cn1. The highest BCUT2D eigenvalue weighted by Crippen LogP contribution is 2.27. The summed E-state index contributed by atoms with van der Waals surface area (Å²) < 4.78 is 11.3. The molecule has 4 rings (SSSR count). The molecule has 0 aliphatic heterocycles. The second-order valence-electron chi connectivity index (χ2n) is 6.84. The van der Waals surface area contributed by atoms with Gasteiger partial charge in [-0.1, -0.05) is 48.5 Å². The Bertz CT molecular complexity index is 964. The van der Waals surface area contributed by atoms with E-state index in [1.165, 1.54) is 0 Å². The van der Waals surface area contributed by atoms with Gasteiger partial charge in [0.25, 0.3) is 0 Å². The van der Waals surface area contributed by atoms with E-state index in [1.807, 2.05) is 85.2 Å². The van der Waals surface area contributed by atoms with Crippen LogP contribution in [0.15, 0.2) is 91.4 Å². The van der Waals surface area contributed by atoms with Gasteiger partial charge < -0.3 is 9.47 Å². The van der Waals surface area contributed by atoms with Crippen molar-refractivity contribution in [2.75, 3.05) is 14.2 Å². The number of rotatable bonds is 7. The molecule has 1 aromatic carbocycles. The molecule has 3 aromatic heterocycles. The van der Waals surface area contributed by atoms with Crippen LogP contribution in [-0.2, 0) is 9.47 Å². The van der Waals surface area contributed by atoms with Gasteiger partial charge in [-0.25, -0.2) is 0 Å². The van der Waals surface area contributed by atoms with Crippen LogP contribution in [0.2, 0.25) is 0 Å². The van der Waals surface area contributed by atoms with Crippen molar-refractivity contribution >= 4 is 0 Å². The van der Waals surface area contributed by atoms with Crippen LogP contribution in [0, 0.1) is 0 Å². The summed E-state index contributed by atoms with van der Waals surface area (Å²) in [6.45, 7) is 0. The highest BCUT2D eigenvalue weighted by Gasteiger charge is 2.17. The van der Waals surface area contributed by atoms with Gasteiger partial charge in [0.15, 0.2) is 0 Å². The van der Waals surface area contributed by atoms with Gasteiger partial charge in [-0.15, -0.1) is 0 Å². The van der Waals surface area contributed by atoms with Gasteiger partial charge in [-0.3, -0.25) is 15.0 Å². The number of nitrogens with zero attached hydrogens (tertiary/aromatic N) is 3. The van der Waals surface area contributed by atoms with Crippen LogP contribution in [0.5, 0.6) is 0 Å². The zero-order valence-corrected chi connectivity index (χ0v) is 17.0. The molecule has 0 bridgehead atoms. The lowest BCUT2D eigenvalue weighted by Crippen LogP contribution is -2.07. The van der Waals surface area contributed by atoms with E-state index in [4.69, 9.17) is 9.47 Å². The third-order valence-corrected chi connectivity index (χ3v) is 4.97. The van der Waals surface area contributed by atoms with Gasteiger partial charge in [-0.05, 0) is 29.8 Å². The van der Waals surface area contributed by atoms with E-state index in [9.17, 15) is 0 Å². The summed E-state index contributed by atoms with van der Waals surface area (Å²) in [5, 5.41) is 0. The zero-order valence-electron chi connectivity index (χ0n) is 17.0. The molecule has 0 N–H and O–H groups in total. The number of benzene rings is 1.